The summed E-state index contributed by atoms with van der Waals surface area (Å²) in [5.74, 6) is -0.111. The van der Waals surface area contributed by atoms with Crippen molar-refractivity contribution in [2.45, 2.75) is 44.4 Å². The van der Waals surface area contributed by atoms with Gasteiger partial charge >= 0.3 is 0 Å². The van der Waals surface area contributed by atoms with Crippen molar-refractivity contribution in [2.75, 3.05) is 6.61 Å². The van der Waals surface area contributed by atoms with Gasteiger partial charge in [-0.3, -0.25) is 4.79 Å². The summed E-state index contributed by atoms with van der Waals surface area (Å²) >= 11 is 0. The number of carbonyl (C=O) groups excluding carboxylic acids is 1. The van der Waals surface area contributed by atoms with Crippen molar-refractivity contribution in [2.24, 2.45) is 11.7 Å². The van der Waals surface area contributed by atoms with Gasteiger partial charge in [-0.25, -0.2) is 0 Å². The van der Waals surface area contributed by atoms with Crippen molar-refractivity contribution < 1.29 is 15.0 Å². The topological polar surface area (TPSA) is 95.6 Å². The highest BCUT2D eigenvalue weighted by Gasteiger charge is 2.27. The summed E-state index contributed by atoms with van der Waals surface area (Å²) in [7, 11) is 0. The third-order valence-corrected chi connectivity index (χ3v) is 3.00. The highest BCUT2D eigenvalue weighted by molar-refractivity contribution is 5.81. The van der Waals surface area contributed by atoms with Crippen molar-refractivity contribution in [3.8, 4) is 0 Å². The van der Waals surface area contributed by atoms with Gasteiger partial charge in [-0.2, -0.15) is 0 Å². The first-order valence-corrected chi connectivity index (χ1v) is 5.39. The maximum atomic E-state index is 11.4. The Morgan fingerprint density at radius 2 is 2.27 bits per heavy atom. The Morgan fingerprint density at radius 3 is 2.80 bits per heavy atom. The van der Waals surface area contributed by atoms with Crippen LogP contribution < -0.4 is 11.1 Å². The number of aliphatic hydroxyl groups excluding tert-OH is 2. The summed E-state index contributed by atoms with van der Waals surface area (Å²) in [5, 5.41) is 21.0. The predicted molar refractivity (Wildman–Crippen MR) is 56.0 cm³/mol. The predicted octanol–water partition coefficient (Wildman–Crippen LogP) is -1.03. The Balaban J connectivity index is 2.36. The summed E-state index contributed by atoms with van der Waals surface area (Å²) in [4.78, 5) is 11.4. The van der Waals surface area contributed by atoms with Gasteiger partial charge in [0.1, 0.15) is 6.04 Å². The van der Waals surface area contributed by atoms with Crippen LogP contribution in [0.25, 0.3) is 0 Å². The third-order valence-electron chi connectivity index (χ3n) is 3.00. The molecule has 1 aliphatic carbocycles. The molecule has 1 amide bonds. The molecule has 0 heterocycles. The van der Waals surface area contributed by atoms with Crippen LogP contribution in [-0.2, 0) is 4.79 Å². The standard InChI is InChI=1S/C10H20N2O3/c1-6-4-7(2-3-9(6)14)12-10(15)8(11)5-13/h6-9,13-14H,2-5,11H2,1H3,(H,12,15)/t6-,7-,8-,9-/m1/s1. The fourth-order valence-electron chi connectivity index (χ4n) is 1.90. The summed E-state index contributed by atoms with van der Waals surface area (Å²) in [6, 6.07) is -0.763. The van der Waals surface area contributed by atoms with E-state index in [4.69, 9.17) is 10.8 Å². The van der Waals surface area contributed by atoms with Gasteiger partial charge in [0, 0.05) is 6.04 Å². The van der Waals surface area contributed by atoms with Gasteiger partial charge in [-0.05, 0) is 25.2 Å². The molecule has 4 atom stereocenters. The minimum atomic E-state index is -0.841. The molecule has 0 aromatic heterocycles. The van der Waals surface area contributed by atoms with Crippen molar-refractivity contribution in [1.82, 2.24) is 5.32 Å². The third kappa shape index (κ3) is 3.44. The lowest BCUT2D eigenvalue weighted by Crippen LogP contribution is -2.49. The van der Waals surface area contributed by atoms with E-state index in [1.54, 1.807) is 0 Å². The molecular formula is C10H20N2O3. The fourth-order valence-corrected chi connectivity index (χ4v) is 1.90. The van der Waals surface area contributed by atoms with Crippen LogP contribution in [0.3, 0.4) is 0 Å². The molecule has 88 valence electrons. The lowest BCUT2D eigenvalue weighted by molar-refractivity contribution is -0.124. The number of hydrogen-bond donors (Lipinski definition) is 4. The van der Waals surface area contributed by atoms with E-state index in [9.17, 15) is 9.90 Å². The average molecular weight is 216 g/mol. The number of nitrogens with two attached hydrogens (primary N) is 1. The second-order valence-electron chi connectivity index (χ2n) is 4.35. The molecule has 5 nitrogen and oxygen atoms in total. The zero-order valence-corrected chi connectivity index (χ0v) is 9.02. The molecule has 0 unspecified atom stereocenters. The minimum absolute atomic E-state index is 0.0773. The van der Waals surface area contributed by atoms with Gasteiger partial charge in [0.2, 0.25) is 5.91 Å². The zero-order valence-electron chi connectivity index (χ0n) is 9.02. The van der Waals surface area contributed by atoms with E-state index in [1.165, 1.54) is 0 Å². The molecular weight excluding hydrogens is 196 g/mol. The Hall–Kier alpha value is -0.650. The Morgan fingerprint density at radius 1 is 1.60 bits per heavy atom. The van der Waals surface area contributed by atoms with Gasteiger partial charge in [0.05, 0.1) is 12.7 Å². The number of carbonyl (C=O) groups is 1. The first kappa shape index (κ1) is 12.4. The van der Waals surface area contributed by atoms with Crippen LogP contribution in [0.1, 0.15) is 26.2 Å². The molecule has 5 heteroatoms. The maximum Gasteiger partial charge on any atom is 0.239 e. The summed E-state index contributed by atoms with van der Waals surface area (Å²) in [5.41, 5.74) is 5.38. The molecule has 1 rings (SSSR count). The summed E-state index contributed by atoms with van der Waals surface area (Å²) in [6.07, 6.45) is 1.99. The molecule has 0 spiro atoms. The lowest BCUT2D eigenvalue weighted by atomic mass is 9.84. The molecule has 1 fully saturated rings. The van der Waals surface area contributed by atoms with E-state index in [-0.39, 0.29) is 30.6 Å². The normalized spacial score (nSPS) is 33.5. The fraction of sp³-hybridized carbons (Fsp3) is 0.900. The van der Waals surface area contributed by atoms with Crippen molar-refractivity contribution in [3.05, 3.63) is 0 Å². The molecule has 1 saturated carbocycles. The van der Waals surface area contributed by atoms with Gasteiger partial charge in [0.25, 0.3) is 0 Å². The zero-order chi connectivity index (χ0) is 11.4. The van der Waals surface area contributed by atoms with Crippen LogP contribution in [-0.4, -0.2) is 40.9 Å². The van der Waals surface area contributed by atoms with Crippen LogP contribution >= 0.6 is 0 Å². The van der Waals surface area contributed by atoms with Gasteiger partial charge in [-0.15, -0.1) is 0 Å². The number of aliphatic hydroxyl groups is 2. The van der Waals surface area contributed by atoms with E-state index >= 15 is 0 Å². The molecule has 15 heavy (non-hydrogen) atoms. The second kappa shape index (κ2) is 5.44. The van der Waals surface area contributed by atoms with Crippen LogP contribution in [0.2, 0.25) is 0 Å². The molecule has 5 N–H and O–H groups in total. The van der Waals surface area contributed by atoms with E-state index < -0.39 is 6.04 Å². The second-order valence-corrected chi connectivity index (χ2v) is 4.35. The highest BCUT2D eigenvalue weighted by atomic mass is 16.3. The summed E-state index contributed by atoms with van der Waals surface area (Å²) < 4.78 is 0. The van der Waals surface area contributed by atoms with Crippen LogP contribution in [0.5, 0.6) is 0 Å². The smallest absolute Gasteiger partial charge is 0.239 e. The van der Waals surface area contributed by atoms with Crippen molar-refractivity contribution in [1.29, 1.82) is 0 Å². The maximum absolute atomic E-state index is 11.4. The van der Waals surface area contributed by atoms with Crippen molar-refractivity contribution in [3.63, 3.8) is 0 Å². The van der Waals surface area contributed by atoms with Crippen LogP contribution in [0.4, 0.5) is 0 Å². The molecule has 0 bridgehead atoms. The largest absolute Gasteiger partial charge is 0.394 e. The quantitative estimate of drug-likeness (QED) is 0.485. The average Bonchev–Trinajstić information content (AvgIpc) is 2.22. The molecule has 1 aliphatic rings. The number of amides is 1. The SMILES string of the molecule is C[C@@H]1C[C@H](NC(=O)[C@H](N)CO)CC[C@H]1O. The van der Waals surface area contributed by atoms with Crippen molar-refractivity contribution >= 4 is 5.91 Å². The molecule has 0 aromatic rings. The highest BCUT2D eigenvalue weighted by Crippen LogP contribution is 2.24. The van der Waals surface area contributed by atoms with E-state index in [1.807, 2.05) is 6.92 Å². The van der Waals surface area contributed by atoms with Gasteiger partial charge in [0.15, 0.2) is 0 Å². The molecule has 0 aromatic carbocycles. The van der Waals surface area contributed by atoms with Crippen LogP contribution in [0.15, 0.2) is 0 Å². The first-order chi connectivity index (χ1) is 7.04. The number of nitrogens with one attached hydrogen (secondary N) is 1. The monoisotopic (exact) mass is 216 g/mol. The van der Waals surface area contributed by atoms with Crippen LogP contribution in [0, 0.1) is 5.92 Å². The molecule has 0 aliphatic heterocycles. The molecule has 0 radical (unpaired) electrons. The minimum Gasteiger partial charge on any atom is -0.394 e. The first-order valence-electron chi connectivity index (χ1n) is 5.39. The Labute approximate surface area is 89.7 Å². The van der Waals surface area contributed by atoms with Gasteiger partial charge in [-0.1, -0.05) is 6.92 Å². The molecule has 0 saturated heterocycles. The Kier molecular flexibility index (Phi) is 4.50. The van der Waals surface area contributed by atoms with E-state index in [0.717, 1.165) is 12.8 Å². The van der Waals surface area contributed by atoms with E-state index in [0.29, 0.717) is 6.42 Å². The summed E-state index contributed by atoms with van der Waals surface area (Å²) in [6.45, 7) is 1.63. The lowest BCUT2D eigenvalue weighted by Gasteiger charge is -2.32. The Bertz CT molecular complexity index is 223. The van der Waals surface area contributed by atoms with Gasteiger partial charge < -0.3 is 21.3 Å². The number of hydrogen-bond acceptors (Lipinski definition) is 4. The number of rotatable bonds is 3. The van der Waals surface area contributed by atoms with E-state index in [2.05, 4.69) is 5.32 Å².